The summed E-state index contributed by atoms with van der Waals surface area (Å²) in [5.74, 6) is -1.52. The van der Waals surface area contributed by atoms with Crippen LogP contribution in [0.25, 0.3) is 0 Å². The first kappa shape index (κ1) is 11.0. The summed E-state index contributed by atoms with van der Waals surface area (Å²) in [5.41, 5.74) is -0.252. The second-order valence-electron chi connectivity index (χ2n) is 2.84. The van der Waals surface area contributed by atoms with Gasteiger partial charge in [-0.25, -0.2) is 17.6 Å². The zero-order valence-electron chi connectivity index (χ0n) is 7.05. The summed E-state index contributed by atoms with van der Waals surface area (Å²) in [5, 5.41) is 8.76. The van der Waals surface area contributed by atoms with Gasteiger partial charge in [0.25, 0.3) is 6.43 Å². The lowest BCUT2D eigenvalue weighted by atomic mass is 10.1. The Balaban J connectivity index is 2.80. The monoisotopic (exact) mass is 208 g/mol. The third-order valence-corrected chi connectivity index (χ3v) is 1.73. The molecule has 0 bridgehead atoms. The molecule has 1 aromatic rings. The highest BCUT2D eigenvalue weighted by Gasteiger charge is 2.19. The molecule has 0 fully saturated rings. The molecule has 0 saturated carbocycles. The van der Waals surface area contributed by atoms with E-state index in [9.17, 15) is 17.6 Å². The molecule has 5 heteroatoms. The molecular formula is C9H8F4O. The number of aliphatic hydroxyl groups excluding tert-OH is 1. The summed E-state index contributed by atoms with van der Waals surface area (Å²) in [4.78, 5) is 0. The second-order valence-corrected chi connectivity index (χ2v) is 2.84. The summed E-state index contributed by atoms with van der Waals surface area (Å²) in [7, 11) is 0. The lowest BCUT2D eigenvalue weighted by Gasteiger charge is -2.09. The number of halogens is 4. The molecule has 1 aromatic carbocycles. The van der Waals surface area contributed by atoms with Gasteiger partial charge in [-0.2, -0.15) is 0 Å². The van der Waals surface area contributed by atoms with Crippen molar-refractivity contribution in [3.8, 4) is 0 Å². The van der Waals surface area contributed by atoms with E-state index in [1.165, 1.54) is 0 Å². The molecule has 1 nitrogen and oxygen atoms in total. The van der Waals surface area contributed by atoms with Crippen molar-refractivity contribution in [2.24, 2.45) is 0 Å². The molecule has 0 heterocycles. The largest absolute Gasteiger partial charge is 0.387 e. The Kier molecular flexibility index (Phi) is 3.46. The first-order chi connectivity index (χ1) is 6.50. The van der Waals surface area contributed by atoms with E-state index < -0.39 is 30.6 Å². The second kappa shape index (κ2) is 4.41. The quantitative estimate of drug-likeness (QED) is 0.754. The van der Waals surface area contributed by atoms with Gasteiger partial charge in [-0.1, -0.05) is 0 Å². The highest BCUT2D eigenvalue weighted by atomic mass is 19.3. The van der Waals surface area contributed by atoms with E-state index >= 15 is 0 Å². The SMILES string of the molecule is OC(Cc1cc(F)ccc1F)C(F)F. The predicted molar refractivity (Wildman–Crippen MR) is 42.1 cm³/mol. The molecule has 0 radical (unpaired) electrons. The van der Waals surface area contributed by atoms with Crippen LogP contribution in [0, 0.1) is 11.6 Å². The number of rotatable bonds is 3. The van der Waals surface area contributed by atoms with Gasteiger partial charge in [-0.05, 0) is 23.8 Å². The third kappa shape index (κ3) is 2.70. The molecule has 0 aromatic heterocycles. The Morgan fingerprint density at radius 1 is 1.21 bits per heavy atom. The average Bonchev–Trinajstić information content (AvgIpc) is 2.11. The Hall–Kier alpha value is -1.10. The molecule has 14 heavy (non-hydrogen) atoms. The van der Waals surface area contributed by atoms with Crippen molar-refractivity contribution in [3.63, 3.8) is 0 Å². The van der Waals surface area contributed by atoms with Crippen LogP contribution in [0.4, 0.5) is 17.6 Å². The van der Waals surface area contributed by atoms with Gasteiger partial charge in [0.15, 0.2) is 0 Å². The molecule has 1 atom stereocenters. The van der Waals surface area contributed by atoms with Crippen molar-refractivity contribution in [2.45, 2.75) is 19.0 Å². The topological polar surface area (TPSA) is 20.2 Å². The molecule has 0 aliphatic carbocycles. The zero-order valence-corrected chi connectivity index (χ0v) is 7.05. The van der Waals surface area contributed by atoms with Crippen LogP contribution in [0.1, 0.15) is 5.56 Å². The van der Waals surface area contributed by atoms with E-state index in [1.807, 2.05) is 0 Å². The van der Waals surface area contributed by atoms with Gasteiger partial charge in [-0.3, -0.25) is 0 Å². The highest BCUT2D eigenvalue weighted by molar-refractivity contribution is 5.19. The van der Waals surface area contributed by atoms with Crippen LogP contribution in [-0.4, -0.2) is 17.6 Å². The molecular weight excluding hydrogens is 200 g/mol. The number of benzene rings is 1. The average molecular weight is 208 g/mol. The van der Waals surface area contributed by atoms with Crippen molar-refractivity contribution in [3.05, 3.63) is 35.4 Å². The van der Waals surface area contributed by atoms with Crippen molar-refractivity contribution >= 4 is 0 Å². The van der Waals surface area contributed by atoms with Gasteiger partial charge in [0.1, 0.15) is 17.7 Å². The molecule has 0 aliphatic heterocycles. The van der Waals surface area contributed by atoms with Gasteiger partial charge in [0.05, 0.1) is 0 Å². The van der Waals surface area contributed by atoms with Crippen LogP contribution in [0.2, 0.25) is 0 Å². The third-order valence-electron chi connectivity index (χ3n) is 1.73. The van der Waals surface area contributed by atoms with Crippen molar-refractivity contribution < 1.29 is 22.7 Å². The Bertz CT molecular complexity index is 314. The Labute approximate surface area is 78.0 Å². The molecule has 1 unspecified atom stereocenters. The molecule has 0 saturated heterocycles. The van der Waals surface area contributed by atoms with E-state index in [-0.39, 0.29) is 5.56 Å². The van der Waals surface area contributed by atoms with Gasteiger partial charge in [0.2, 0.25) is 0 Å². The maximum absolute atomic E-state index is 12.9. The maximum Gasteiger partial charge on any atom is 0.264 e. The van der Waals surface area contributed by atoms with Crippen molar-refractivity contribution in [2.75, 3.05) is 0 Å². The van der Waals surface area contributed by atoms with E-state index in [0.29, 0.717) is 0 Å². The molecule has 0 aliphatic rings. The van der Waals surface area contributed by atoms with Crippen LogP contribution in [0.15, 0.2) is 18.2 Å². The van der Waals surface area contributed by atoms with Crippen LogP contribution >= 0.6 is 0 Å². The molecule has 1 rings (SSSR count). The van der Waals surface area contributed by atoms with E-state index in [1.54, 1.807) is 0 Å². The van der Waals surface area contributed by atoms with E-state index in [0.717, 1.165) is 18.2 Å². The Morgan fingerprint density at radius 3 is 2.43 bits per heavy atom. The normalized spacial score (nSPS) is 13.3. The molecule has 1 N–H and O–H groups in total. The predicted octanol–water partition coefficient (Wildman–Crippen LogP) is 2.13. The van der Waals surface area contributed by atoms with E-state index in [2.05, 4.69) is 0 Å². The Morgan fingerprint density at radius 2 is 1.86 bits per heavy atom. The van der Waals surface area contributed by atoms with Crippen LogP contribution in [0.5, 0.6) is 0 Å². The molecule has 0 spiro atoms. The number of hydrogen-bond donors (Lipinski definition) is 1. The molecule has 0 amide bonds. The molecule has 78 valence electrons. The summed E-state index contributed by atoms with van der Waals surface area (Å²) in [6.07, 6.45) is -5.52. The zero-order chi connectivity index (χ0) is 10.7. The van der Waals surface area contributed by atoms with Crippen LogP contribution in [0.3, 0.4) is 0 Å². The first-order valence-electron chi connectivity index (χ1n) is 3.91. The fourth-order valence-corrected chi connectivity index (χ4v) is 1.01. The fourth-order valence-electron chi connectivity index (χ4n) is 1.01. The maximum atomic E-state index is 12.9. The first-order valence-corrected chi connectivity index (χ1v) is 3.91. The highest BCUT2D eigenvalue weighted by Crippen LogP contribution is 2.14. The summed E-state index contributed by atoms with van der Waals surface area (Å²) in [6, 6.07) is 2.51. The smallest absolute Gasteiger partial charge is 0.264 e. The number of hydrogen-bond acceptors (Lipinski definition) is 1. The van der Waals surface area contributed by atoms with Gasteiger partial charge in [-0.15, -0.1) is 0 Å². The van der Waals surface area contributed by atoms with Crippen molar-refractivity contribution in [1.29, 1.82) is 0 Å². The van der Waals surface area contributed by atoms with Crippen LogP contribution in [-0.2, 0) is 6.42 Å². The lowest BCUT2D eigenvalue weighted by molar-refractivity contribution is -0.00408. The minimum Gasteiger partial charge on any atom is -0.387 e. The van der Waals surface area contributed by atoms with Crippen LogP contribution < -0.4 is 0 Å². The standard InChI is InChI=1S/C9H8F4O/c10-6-1-2-7(11)5(3-6)4-8(14)9(12)13/h1-3,8-9,14H,4H2. The van der Waals surface area contributed by atoms with E-state index in [4.69, 9.17) is 5.11 Å². The number of aliphatic hydroxyl groups is 1. The fraction of sp³-hybridized carbons (Fsp3) is 0.333. The van der Waals surface area contributed by atoms with Gasteiger partial charge in [0, 0.05) is 6.42 Å². The summed E-state index contributed by atoms with van der Waals surface area (Å²) in [6.45, 7) is 0. The minimum atomic E-state index is -2.96. The van der Waals surface area contributed by atoms with Gasteiger partial charge < -0.3 is 5.11 Å². The summed E-state index contributed by atoms with van der Waals surface area (Å²) >= 11 is 0. The van der Waals surface area contributed by atoms with Gasteiger partial charge >= 0.3 is 0 Å². The minimum absolute atomic E-state index is 0.252. The lowest BCUT2D eigenvalue weighted by Crippen LogP contribution is -2.20. The van der Waals surface area contributed by atoms with Crippen molar-refractivity contribution in [1.82, 2.24) is 0 Å². The summed E-state index contributed by atoms with van der Waals surface area (Å²) < 4.78 is 49.2. The number of alkyl halides is 2.